The van der Waals surface area contributed by atoms with Crippen LogP contribution in [-0.4, -0.2) is 117 Å². The topological polar surface area (TPSA) is 153 Å². The number of benzene rings is 3. The van der Waals surface area contributed by atoms with Crippen LogP contribution in [-0.2, 0) is 33.2 Å². The molecule has 0 unspecified atom stereocenters. The zero-order valence-corrected chi connectivity index (χ0v) is 39.2. The minimum atomic E-state index is -0.728. The second-order valence-electron chi connectivity index (χ2n) is 18.9. The molecule has 0 bridgehead atoms. The molecule has 66 heavy (non-hydrogen) atoms. The Labute approximate surface area is 390 Å². The zero-order valence-electron chi connectivity index (χ0n) is 39.2. The van der Waals surface area contributed by atoms with Crippen LogP contribution in [0.2, 0.25) is 0 Å². The van der Waals surface area contributed by atoms with E-state index in [-0.39, 0.29) is 45.5 Å². The Morgan fingerprint density at radius 3 is 1.24 bits per heavy atom. The van der Waals surface area contributed by atoms with Gasteiger partial charge in [0.25, 0.3) is 0 Å². The third kappa shape index (κ3) is 16.9. The lowest BCUT2D eigenvalue weighted by atomic mass is 9.90. The average molecular weight is 919 g/mol. The van der Waals surface area contributed by atoms with E-state index < -0.39 is 17.9 Å². The Morgan fingerprint density at radius 2 is 0.818 bits per heavy atom. The summed E-state index contributed by atoms with van der Waals surface area (Å²) in [6.07, 6.45) is 9.26. The maximum Gasteiger partial charge on any atom is 0.343 e. The summed E-state index contributed by atoms with van der Waals surface area (Å²) in [5.74, 6) is -0.722. The summed E-state index contributed by atoms with van der Waals surface area (Å²) >= 11 is 0. The van der Waals surface area contributed by atoms with Gasteiger partial charge in [-0.15, -0.1) is 0 Å². The molecule has 0 aliphatic carbocycles. The number of unbranched alkanes of at least 4 members (excludes halogenated alkanes) is 7. The van der Waals surface area contributed by atoms with Gasteiger partial charge in [-0.2, -0.15) is 0 Å². The highest BCUT2D eigenvalue weighted by Gasteiger charge is 2.35. The van der Waals surface area contributed by atoms with E-state index in [1.165, 1.54) is 18.2 Å². The third-order valence-electron chi connectivity index (χ3n) is 11.6. The molecule has 362 valence electrons. The molecule has 3 aromatic carbocycles. The molecule has 6 rings (SSSR count). The summed E-state index contributed by atoms with van der Waals surface area (Å²) in [7, 11) is 0. The van der Waals surface area contributed by atoms with Crippen molar-refractivity contribution in [3.8, 4) is 23.0 Å². The van der Waals surface area contributed by atoms with Crippen LogP contribution in [0.1, 0.15) is 116 Å². The molecule has 3 saturated heterocycles. The van der Waals surface area contributed by atoms with Gasteiger partial charge in [-0.05, 0) is 118 Å². The predicted octanol–water partition coefficient (Wildman–Crippen LogP) is 9.10. The maximum atomic E-state index is 13.5. The van der Waals surface area contributed by atoms with E-state index in [1.807, 2.05) is 0 Å². The Kier molecular flexibility index (Phi) is 20.1. The average Bonchev–Trinajstić information content (AvgIpc) is 3.29. The number of ether oxygens (including phenoxy) is 11. The van der Waals surface area contributed by atoms with Gasteiger partial charge in [0, 0.05) is 36.1 Å². The van der Waals surface area contributed by atoms with E-state index >= 15 is 0 Å². The fourth-order valence-corrected chi connectivity index (χ4v) is 7.33. The van der Waals surface area contributed by atoms with Crippen LogP contribution in [0.4, 0.5) is 0 Å². The fraction of sp³-hybridized carbons (Fsp3) is 0.596. The van der Waals surface area contributed by atoms with Crippen molar-refractivity contribution < 1.29 is 66.5 Å². The third-order valence-corrected chi connectivity index (χ3v) is 11.6. The molecule has 3 fully saturated rings. The van der Waals surface area contributed by atoms with Gasteiger partial charge in [0.2, 0.25) is 0 Å². The second-order valence-corrected chi connectivity index (χ2v) is 18.9. The molecule has 3 heterocycles. The van der Waals surface area contributed by atoms with Gasteiger partial charge >= 0.3 is 17.9 Å². The lowest BCUT2D eigenvalue weighted by Crippen LogP contribution is -2.43. The van der Waals surface area contributed by atoms with Gasteiger partial charge in [-0.1, -0.05) is 33.6 Å². The number of carbonyl (C=O) groups is 3. The summed E-state index contributed by atoms with van der Waals surface area (Å²) in [6.45, 7) is 16.3. The molecule has 0 aromatic heterocycles. The monoisotopic (exact) mass is 918 g/mol. The van der Waals surface area contributed by atoms with Crippen LogP contribution in [0.15, 0.2) is 66.7 Å². The van der Waals surface area contributed by atoms with Crippen molar-refractivity contribution >= 4 is 17.9 Å². The quantitative estimate of drug-likeness (QED) is 0.0332. The van der Waals surface area contributed by atoms with Crippen molar-refractivity contribution in [2.75, 3.05) is 99.1 Å². The molecule has 3 aliphatic rings. The Bertz CT molecular complexity index is 1940. The SMILES string of the molecule is CC1(COCCCCCCOc2ccc(C(=O)Oc3ccc(OC(=O)c4ccc(OCCCCCCOCC5(C)COC5)cc4)c(C(=O)OCCCCOCC4(C)COC4)c3)cc2)COC1. The lowest BCUT2D eigenvalue weighted by Gasteiger charge is -2.37. The standard InChI is InChI=1S/C52H70O14/c1-50(34-59-35-50)31-56-24-8-4-6-10-27-62-42-18-14-40(15-19-42)47(53)65-44-22-23-46(45(30-44)49(55)64-29-13-12-26-58-33-52(3)38-61-39-52)66-48(54)41-16-20-43(21-17-41)63-28-11-7-5-9-25-57-32-51(2)36-60-37-51/h14-23,30H,4-13,24-29,31-39H2,1-3H3. The van der Waals surface area contributed by atoms with Crippen molar-refractivity contribution in [2.45, 2.75) is 85.0 Å². The van der Waals surface area contributed by atoms with Crippen molar-refractivity contribution in [1.29, 1.82) is 0 Å². The van der Waals surface area contributed by atoms with Crippen LogP contribution in [0, 0.1) is 16.2 Å². The number of hydrogen-bond acceptors (Lipinski definition) is 14. The van der Waals surface area contributed by atoms with Crippen LogP contribution in [0.5, 0.6) is 23.0 Å². The molecular weight excluding hydrogens is 849 g/mol. The molecule has 3 aromatic rings. The van der Waals surface area contributed by atoms with Gasteiger partial charge in [-0.3, -0.25) is 0 Å². The largest absolute Gasteiger partial charge is 0.494 e. The Hall–Kier alpha value is -4.57. The van der Waals surface area contributed by atoms with Crippen molar-refractivity contribution in [3.05, 3.63) is 83.4 Å². The van der Waals surface area contributed by atoms with Crippen LogP contribution in [0.3, 0.4) is 0 Å². The molecule has 14 heteroatoms. The minimum Gasteiger partial charge on any atom is -0.494 e. The van der Waals surface area contributed by atoms with Gasteiger partial charge in [0.1, 0.15) is 28.6 Å². The molecular formula is C52H70O14. The number of rotatable bonds is 32. The molecule has 0 saturated carbocycles. The first-order chi connectivity index (χ1) is 32.0. The summed E-state index contributed by atoms with van der Waals surface area (Å²) in [5, 5.41) is 0. The van der Waals surface area contributed by atoms with E-state index in [4.69, 9.17) is 52.1 Å². The van der Waals surface area contributed by atoms with Crippen LogP contribution in [0.25, 0.3) is 0 Å². The molecule has 0 radical (unpaired) electrons. The van der Waals surface area contributed by atoms with E-state index in [1.54, 1.807) is 48.5 Å². The first kappa shape index (κ1) is 50.8. The molecule has 0 amide bonds. The fourth-order valence-electron chi connectivity index (χ4n) is 7.33. The van der Waals surface area contributed by atoms with Crippen molar-refractivity contribution in [1.82, 2.24) is 0 Å². The van der Waals surface area contributed by atoms with E-state index in [2.05, 4.69) is 20.8 Å². The van der Waals surface area contributed by atoms with Gasteiger partial charge < -0.3 is 52.1 Å². The molecule has 3 aliphatic heterocycles. The summed E-state index contributed by atoms with van der Waals surface area (Å²) in [5.41, 5.74) is 0.908. The number of esters is 3. The molecule has 0 atom stereocenters. The Morgan fingerprint density at radius 1 is 0.439 bits per heavy atom. The first-order valence-corrected chi connectivity index (χ1v) is 23.7. The number of carbonyl (C=O) groups excluding carboxylic acids is 3. The van der Waals surface area contributed by atoms with Gasteiger partial charge in [-0.25, -0.2) is 14.4 Å². The number of hydrogen-bond donors (Lipinski definition) is 0. The van der Waals surface area contributed by atoms with Crippen molar-refractivity contribution in [2.24, 2.45) is 16.2 Å². The van der Waals surface area contributed by atoms with E-state index in [0.717, 1.165) is 104 Å². The maximum absolute atomic E-state index is 13.5. The van der Waals surface area contributed by atoms with Crippen LogP contribution < -0.4 is 18.9 Å². The predicted molar refractivity (Wildman–Crippen MR) is 246 cm³/mol. The normalized spacial score (nSPS) is 16.5. The smallest absolute Gasteiger partial charge is 0.343 e. The minimum absolute atomic E-state index is 0.0372. The van der Waals surface area contributed by atoms with Gasteiger partial charge in [0.05, 0.1) is 90.4 Å². The highest BCUT2D eigenvalue weighted by Crippen LogP contribution is 2.30. The van der Waals surface area contributed by atoms with Crippen LogP contribution >= 0.6 is 0 Å². The second kappa shape index (κ2) is 26.1. The highest BCUT2D eigenvalue weighted by molar-refractivity contribution is 5.97. The summed E-state index contributed by atoms with van der Waals surface area (Å²) < 4.78 is 62.0. The summed E-state index contributed by atoms with van der Waals surface area (Å²) in [6, 6.07) is 17.6. The first-order valence-electron chi connectivity index (χ1n) is 23.7. The Balaban J connectivity index is 0.942. The molecule has 14 nitrogen and oxygen atoms in total. The highest BCUT2D eigenvalue weighted by atomic mass is 16.6. The summed E-state index contributed by atoms with van der Waals surface area (Å²) in [4.78, 5) is 40.0. The lowest BCUT2D eigenvalue weighted by molar-refractivity contribution is -0.138. The molecule has 0 N–H and O–H groups in total. The van der Waals surface area contributed by atoms with E-state index in [0.29, 0.717) is 69.5 Å². The van der Waals surface area contributed by atoms with E-state index in [9.17, 15) is 14.4 Å². The molecule has 0 spiro atoms. The van der Waals surface area contributed by atoms with Crippen molar-refractivity contribution in [3.63, 3.8) is 0 Å². The van der Waals surface area contributed by atoms with Gasteiger partial charge in [0.15, 0.2) is 0 Å². The zero-order chi connectivity index (χ0) is 46.5.